The Kier molecular flexibility index (Phi) is 6.07. The Morgan fingerprint density at radius 1 is 1.07 bits per heavy atom. The molecule has 0 N–H and O–H groups in total. The molecule has 154 valence electrons. The fourth-order valence-electron chi connectivity index (χ4n) is 3.95. The molecule has 1 aliphatic rings. The highest BCUT2D eigenvalue weighted by atomic mass is 19.1. The number of pyridine rings is 1. The van der Waals surface area contributed by atoms with Crippen LogP contribution in [0.1, 0.15) is 30.1 Å². The molecule has 30 heavy (non-hydrogen) atoms. The minimum absolute atomic E-state index is 0.0477. The molecule has 3 aromatic rings. The lowest BCUT2D eigenvalue weighted by Gasteiger charge is -2.38. The maximum atomic E-state index is 13.5. The van der Waals surface area contributed by atoms with E-state index in [1.807, 2.05) is 59.5 Å². The van der Waals surface area contributed by atoms with Gasteiger partial charge in [0.25, 0.3) is 5.91 Å². The molecule has 4 rings (SSSR count). The third kappa shape index (κ3) is 4.51. The van der Waals surface area contributed by atoms with Crippen molar-refractivity contribution in [2.75, 3.05) is 13.2 Å². The van der Waals surface area contributed by atoms with Crippen LogP contribution < -0.4 is 4.74 Å². The average Bonchev–Trinajstić information content (AvgIpc) is 2.80. The molecule has 1 fully saturated rings. The number of likely N-dealkylation sites (tertiary alicyclic amines) is 1. The van der Waals surface area contributed by atoms with Gasteiger partial charge in [0.05, 0.1) is 12.8 Å². The molecule has 5 heteroatoms. The summed E-state index contributed by atoms with van der Waals surface area (Å²) in [6, 6.07) is 20.8. The van der Waals surface area contributed by atoms with E-state index >= 15 is 0 Å². The largest absolute Gasteiger partial charge is 0.477 e. The molecule has 1 amide bonds. The number of amides is 1. The van der Waals surface area contributed by atoms with Gasteiger partial charge in [-0.25, -0.2) is 9.37 Å². The first-order valence-electron chi connectivity index (χ1n) is 10.3. The number of benzene rings is 2. The van der Waals surface area contributed by atoms with Crippen molar-refractivity contribution in [2.45, 2.75) is 25.8 Å². The molecular formula is C25H25FN2O2. The SMILES string of the molecule is CC1CCC(COc2ccc(F)cn2)CN1C(=O)c1ccccc1-c1ccccc1. The molecule has 4 nitrogen and oxygen atoms in total. The molecule has 0 spiro atoms. The van der Waals surface area contributed by atoms with Crippen LogP contribution in [-0.2, 0) is 0 Å². The van der Waals surface area contributed by atoms with Crippen LogP contribution in [-0.4, -0.2) is 35.0 Å². The van der Waals surface area contributed by atoms with Crippen LogP contribution in [0.3, 0.4) is 0 Å². The third-order valence-electron chi connectivity index (χ3n) is 5.65. The van der Waals surface area contributed by atoms with Gasteiger partial charge in [0, 0.05) is 30.1 Å². The summed E-state index contributed by atoms with van der Waals surface area (Å²) in [6.45, 7) is 3.18. The monoisotopic (exact) mass is 404 g/mol. The molecule has 2 atom stereocenters. The molecule has 0 aliphatic carbocycles. The number of rotatable bonds is 5. The number of nitrogens with zero attached hydrogens (tertiary/aromatic N) is 2. The summed E-state index contributed by atoms with van der Waals surface area (Å²) in [7, 11) is 0. The van der Waals surface area contributed by atoms with Crippen LogP contribution in [0.2, 0.25) is 0 Å². The van der Waals surface area contributed by atoms with Gasteiger partial charge in [-0.3, -0.25) is 4.79 Å². The van der Waals surface area contributed by atoms with E-state index in [4.69, 9.17) is 4.74 Å². The van der Waals surface area contributed by atoms with Crippen LogP contribution in [0.15, 0.2) is 72.9 Å². The Labute approximate surface area is 176 Å². The summed E-state index contributed by atoms with van der Waals surface area (Å²) < 4.78 is 18.8. The highest BCUT2D eigenvalue weighted by Crippen LogP contribution is 2.29. The Hall–Kier alpha value is -3.21. The first-order valence-corrected chi connectivity index (χ1v) is 10.3. The summed E-state index contributed by atoms with van der Waals surface area (Å²) in [4.78, 5) is 19.4. The predicted octanol–water partition coefficient (Wildman–Crippen LogP) is 5.21. The molecular weight excluding hydrogens is 379 g/mol. The Balaban J connectivity index is 1.49. The normalized spacial score (nSPS) is 18.8. The van der Waals surface area contributed by atoms with E-state index in [1.54, 1.807) is 0 Å². The smallest absolute Gasteiger partial charge is 0.254 e. The van der Waals surface area contributed by atoms with Crippen molar-refractivity contribution in [1.82, 2.24) is 9.88 Å². The van der Waals surface area contributed by atoms with Gasteiger partial charge in [0.15, 0.2) is 0 Å². The number of halogens is 1. The maximum Gasteiger partial charge on any atom is 0.254 e. The second-order valence-electron chi connectivity index (χ2n) is 7.79. The van der Waals surface area contributed by atoms with Crippen LogP contribution in [0, 0.1) is 11.7 Å². The third-order valence-corrected chi connectivity index (χ3v) is 5.65. The Bertz CT molecular complexity index is 992. The van der Waals surface area contributed by atoms with Crippen LogP contribution in [0.5, 0.6) is 5.88 Å². The summed E-state index contributed by atoms with van der Waals surface area (Å²) in [6.07, 6.45) is 3.05. The lowest BCUT2D eigenvalue weighted by atomic mass is 9.92. The van der Waals surface area contributed by atoms with Gasteiger partial charge in [-0.2, -0.15) is 0 Å². The van der Waals surface area contributed by atoms with Gasteiger partial charge in [0.1, 0.15) is 5.82 Å². The lowest BCUT2D eigenvalue weighted by Crippen LogP contribution is -2.47. The van der Waals surface area contributed by atoms with Gasteiger partial charge in [-0.15, -0.1) is 0 Å². The van der Waals surface area contributed by atoms with E-state index in [1.165, 1.54) is 12.1 Å². The zero-order chi connectivity index (χ0) is 20.9. The average molecular weight is 404 g/mol. The first-order chi connectivity index (χ1) is 14.6. The van der Waals surface area contributed by atoms with Crippen LogP contribution >= 0.6 is 0 Å². The highest BCUT2D eigenvalue weighted by molar-refractivity contribution is 6.01. The zero-order valence-corrected chi connectivity index (χ0v) is 17.0. The zero-order valence-electron chi connectivity index (χ0n) is 17.0. The number of aromatic nitrogens is 1. The molecule has 1 aliphatic heterocycles. The van der Waals surface area contributed by atoms with Crippen molar-refractivity contribution in [2.24, 2.45) is 5.92 Å². The van der Waals surface area contributed by atoms with E-state index in [9.17, 15) is 9.18 Å². The van der Waals surface area contributed by atoms with Crippen molar-refractivity contribution < 1.29 is 13.9 Å². The summed E-state index contributed by atoms with van der Waals surface area (Å²) >= 11 is 0. The minimum Gasteiger partial charge on any atom is -0.477 e. The molecule has 0 radical (unpaired) electrons. The number of hydrogen-bond donors (Lipinski definition) is 0. The van der Waals surface area contributed by atoms with Gasteiger partial charge < -0.3 is 9.64 Å². The second-order valence-corrected chi connectivity index (χ2v) is 7.79. The van der Waals surface area contributed by atoms with Crippen molar-refractivity contribution in [3.63, 3.8) is 0 Å². The van der Waals surface area contributed by atoms with E-state index < -0.39 is 0 Å². The summed E-state index contributed by atoms with van der Waals surface area (Å²) in [5.41, 5.74) is 2.70. The maximum absolute atomic E-state index is 13.5. The molecule has 1 saturated heterocycles. The van der Waals surface area contributed by atoms with Crippen molar-refractivity contribution in [3.8, 4) is 17.0 Å². The van der Waals surface area contributed by atoms with E-state index in [0.29, 0.717) is 19.0 Å². The van der Waals surface area contributed by atoms with Crippen molar-refractivity contribution >= 4 is 5.91 Å². The van der Waals surface area contributed by atoms with Crippen molar-refractivity contribution in [1.29, 1.82) is 0 Å². The standard InChI is InChI=1S/C25H25FN2O2/c1-18-11-12-19(17-30-24-14-13-21(26)15-27-24)16-28(18)25(29)23-10-6-5-9-22(23)20-7-3-2-4-8-20/h2-10,13-15,18-19H,11-12,16-17H2,1H3. The van der Waals surface area contributed by atoms with E-state index in [0.717, 1.165) is 35.7 Å². The van der Waals surface area contributed by atoms with Gasteiger partial charge in [-0.1, -0.05) is 48.5 Å². The lowest BCUT2D eigenvalue weighted by molar-refractivity contribution is 0.0503. The predicted molar refractivity (Wildman–Crippen MR) is 115 cm³/mol. The highest BCUT2D eigenvalue weighted by Gasteiger charge is 2.31. The molecule has 2 aromatic carbocycles. The fraction of sp³-hybridized carbons (Fsp3) is 0.280. The van der Waals surface area contributed by atoms with E-state index in [-0.39, 0.29) is 23.7 Å². The van der Waals surface area contributed by atoms with Gasteiger partial charge in [0.2, 0.25) is 5.88 Å². The molecule has 1 aromatic heterocycles. The number of carbonyl (C=O) groups excluding carboxylic acids is 1. The van der Waals surface area contributed by atoms with Gasteiger partial charge in [-0.05, 0) is 43.0 Å². The molecule has 0 bridgehead atoms. The van der Waals surface area contributed by atoms with Crippen LogP contribution in [0.4, 0.5) is 4.39 Å². The number of piperidine rings is 1. The van der Waals surface area contributed by atoms with Crippen LogP contribution in [0.25, 0.3) is 11.1 Å². The number of carbonyl (C=O) groups is 1. The quantitative estimate of drug-likeness (QED) is 0.586. The first kappa shape index (κ1) is 20.1. The topological polar surface area (TPSA) is 42.4 Å². The minimum atomic E-state index is -0.386. The summed E-state index contributed by atoms with van der Waals surface area (Å²) in [5.74, 6) is 0.275. The Morgan fingerprint density at radius 2 is 1.83 bits per heavy atom. The molecule has 2 heterocycles. The molecule has 0 saturated carbocycles. The Morgan fingerprint density at radius 3 is 2.60 bits per heavy atom. The van der Waals surface area contributed by atoms with E-state index in [2.05, 4.69) is 11.9 Å². The number of hydrogen-bond acceptors (Lipinski definition) is 3. The summed E-state index contributed by atoms with van der Waals surface area (Å²) in [5, 5.41) is 0. The second kappa shape index (κ2) is 9.08. The van der Waals surface area contributed by atoms with Crippen molar-refractivity contribution in [3.05, 3.63) is 84.3 Å². The fourth-order valence-corrected chi connectivity index (χ4v) is 3.95. The number of ether oxygens (including phenoxy) is 1. The van der Waals surface area contributed by atoms with Gasteiger partial charge >= 0.3 is 0 Å². The molecule has 2 unspecified atom stereocenters.